The normalized spacial score (nSPS) is 11.9. The molecule has 0 bridgehead atoms. The monoisotopic (exact) mass is 370 g/mol. The lowest BCUT2D eigenvalue weighted by Crippen LogP contribution is -2.30. The zero-order chi connectivity index (χ0) is 19.5. The quantitative estimate of drug-likeness (QED) is 0.534. The minimum atomic E-state index is -0.934. The first-order valence-corrected chi connectivity index (χ1v) is 8.96. The second-order valence-corrected chi connectivity index (χ2v) is 6.47. The van der Waals surface area contributed by atoms with E-state index < -0.39 is 12.1 Å². The van der Waals surface area contributed by atoms with Gasteiger partial charge < -0.3 is 10.1 Å². The molecule has 5 heteroatoms. The van der Waals surface area contributed by atoms with Crippen LogP contribution in [0.2, 0.25) is 0 Å². The van der Waals surface area contributed by atoms with Crippen LogP contribution in [0.5, 0.6) is 0 Å². The van der Waals surface area contributed by atoms with Crippen LogP contribution in [0.15, 0.2) is 79.0 Å². The number of hydrogen-bond donors (Lipinski definition) is 1. The third-order valence-electron chi connectivity index (χ3n) is 4.54. The summed E-state index contributed by atoms with van der Waals surface area (Å²) < 4.78 is 5.36. The van der Waals surface area contributed by atoms with Crippen LogP contribution in [0.25, 0.3) is 21.7 Å². The smallest absolute Gasteiger partial charge is 0.338 e. The van der Waals surface area contributed by atoms with Crippen molar-refractivity contribution in [1.82, 2.24) is 4.98 Å². The number of benzene rings is 3. The molecule has 0 radical (unpaired) electrons. The van der Waals surface area contributed by atoms with Crippen molar-refractivity contribution in [1.29, 1.82) is 0 Å². The highest BCUT2D eigenvalue weighted by molar-refractivity contribution is 6.04. The van der Waals surface area contributed by atoms with Crippen LogP contribution in [-0.2, 0) is 9.53 Å². The molecule has 0 aliphatic heterocycles. The summed E-state index contributed by atoms with van der Waals surface area (Å²) >= 11 is 0. The SMILES string of the molecule is C[C@H](OC(=O)c1ccc2ncccc2c1)C(=O)Nc1cccc2ccccc12. The van der Waals surface area contributed by atoms with E-state index in [0.717, 1.165) is 21.7 Å². The Labute approximate surface area is 162 Å². The van der Waals surface area contributed by atoms with Crippen molar-refractivity contribution in [3.63, 3.8) is 0 Å². The first-order chi connectivity index (χ1) is 13.6. The zero-order valence-corrected chi connectivity index (χ0v) is 15.3. The number of nitrogens with one attached hydrogen (secondary N) is 1. The average Bonchev–Trinajstić information content (AvgIpc) is 2.73. The number of carbonyl (C=O) groups excluding carboxylic acids is 2. The van der Waals surface area contributed by atoms with Crippen molar-refractivity contribution in [2.24, 2.45) is 0 Å². The molecule has 4 aromatic rings. The second-order valence-electron chi connectivity index (χ2n) is 6.47. The molecule has 0 aliphatic carbocycles. The lowest BCUT2D eigenvalue weighted by atomic mass is 10.1. The van der Waals surface area contributed by atoms with Crippen LogP contribution < -0.4 is 5.32 Å². The molecule has 0 saturated heterocycles. The number of aromatic nitrogens is 1. The second kappa shape index (κ2) is 7.48. The highest BCUT2D eigenvalue weighted by Crippen LogP contribution is 2.23. The van der Waals surface area contributed by atoms with Gasteiger partial charge in [0.2, 0.25) is 0 Å². The van der Waals surface area contributed by atoms with Crippen LogP contribution in [0.4, 0.5) is 5.69 Å². The van der Waals surface area contributed by atoms with Gasteiger partial charge in [-0.25, -0.2) is 4.79 Å². The molecule has 0 aliphatic rings. The van der Waals surface area contributed by atoms with E-state index in [2.05, 4.69) is 10.3 Å². The molecule has 1 heterocycles. The van der Waals surface area contributed by atoms with E-state index in [1.807, 2.05) is 48.5 Å². The summed E-state index contributed by atoms with van der Waals surface area (Å²) in [5.74, 6) is -0.932. The molecule has 138 valence electrons. The average molecular weight is 370 g/mol. The van der Waals surface area contributed by atoms with E-state index in [0.29, 0.717) is 11.3 Å². The summed E-state index contributed by atoms with van der Waals surface area (Å²) in [4.78, 5) is 29.2. The molecule has 1 aromatic heterocycles. The van der Waals surface area contributed by atoms with Crippen molar-refractivity contribution < 1.29 is 14.3 Å². The number of ether oxygens (including phenoxy) is 1. The molecule has 0 saturated carbocycles. The highest BCUT2D eigenvalue weighted by Gasteiger charge is 2.20. The predicted octanol–water partition coefficient (Wildman–Crippen LogP) is 4.57. The third kappa shape index (κ3) is 3.55. The fraction of sp³-hybridized carbons (Fsp3) is 0.0870. The molecule has 3 aromatic carbocycles. The van der Waals surface area contributed by atoms with Crippen LogP contribution >= 0.6 is 0 Å². The Morgan fingerprint density at radius 2 is 1.71 bits per heavy atom. The maximum absolute atomic E-state index is 12.5. The van der Waals surface area contributed by atoms with Gasteiger partial charge in [0.25, 0.3) is 5.91 Å². The Morgan fingerprint density at radius 1 is 0.929 bits per heavy atom. The molecule has 28 heavy (non-hydrogen) atoms. The number of amides is 1. The highest BCUT2D eigenvalue weighted by atomic mass is 16.5. The number of carbonyl (C=O) groups is 2. The summed E-state index contributed by atoms with van der Waals surface area (Å²) in [5, 5.41) is 5.64. The minimum Gasteiger partial charge on any atom is -0.449 e. The van der Waals surface area contributed by atoms with E-state index in [1.165, 1.54) is 0 Å². The molecular formula is C23H18N2O3. The van der Waals surface area contributed by atoms with Crippen LogP contribution in [0.3, 0.4) is 0 Å². The van der Waals surface area contributed by atoms with Gasteiger partial charge in [0.15, 0.2) is 6.10 Å². The van der Waals surface area contributed by atoms with Crippen molar-refractivity contribution in [3.8, 4) is 0 Å². The first-order valence-electron chi connectivity index (χ1n) is 8.96. The molecule has 0 spiro atoms. The Hall–Kier alpha value is -3.73. The first kappa shape index (κ1) is 17.7. The summed E-state index contributed by atoms with van der Waals surface area (Å²) in [6.45, 7) is 1.56. The molecular weight excluding hydrogens is 352 g/mol. The van der Waals surface area contributed by atoms with Gasteiger partial charge in [0.05, 0.1) is 11.1 Å². The number of fused-ring (bicyclic) bond motifs is 2. The van der Waals surface area contributed by atoms with Crippen molar-refractivity contribution in [3.05, 3.63) is 84.6 Å². The van der Waals surface area contributed by atoms with Gasteiger partial charge in [-0.1, -0.05) is 42.5 Å². The molecule has 1 amide bonds. The number of anilines is 1. The molecule has 4 rings (SSSR count). The summed E-state index contributed by atoms with van der Waals surface area (Å²) in [5.41, 5.74) is 1.86. The zero-order valence-electron chi connectivity index (χ0n) is 15.3. The van der Waals surface area contributed by atoms with Crippen LogP contribution in [0, 0.1) is 0 Å². The van der Waals surface area contributed by atoms with Crippen molar-refractivity contribution in [2.75, 3.05) is 5.32 Å². The van der Waals surface area contributed by atoms with E-state index >= 15 is 0 Å². The van der Waals surface area contributed by atoms with E-state index in [4.69, 9.17) is 4.74 Å². The van der Waals surface area contributed by atoms with Gasteiger partial charge in [-0.3, -0.25) is 9.78 Å². The standard InChI is InChI=1S/C23H18N2O3/c1-15(22(26)25-21-10-4-7-16-6-2-3-9-19(16)21)28-23(27)18-11-12-20-17(14-18)8-5-13-24-20/h2-15H,1H3,(H,25,26)/t15-/m0/s1. The van der Waals surface area contributed by atoms with Gasteiger partial charge in [0.1, 0.15) is 0 Å². The maximum atomic E-state index is 12.5. The van der Waals surface area contributed by atoms with E-state index in [9.17, 15) is 9.59 Å². The third-order valence-corrected chi connectivity index (χ3v) is 4.54. The maximum Gasteiger partial charge on any atom is 0.338 e. The Kier molecular flexibility index (Phi) is 4.72. The largest absolute Gasteiger partial charge is 0.449 e. The molecule has 5 nitrogen and oxygen atoms in total. The number of hydrogen-bond acceptors (Lipinski definition) is 4. The van der Waals surface area contributed by atoms with Gasteiger partial charge in [-0.05, 0) is 42.6 Å². The topological polar surface area (TPSA) is 68.3 Å². The fourth-order valence-electron chi connectivity index (χ4n) is 3.05. The lowest BCUT2D eigenvalue weighted by molar-refractivity contribution is -0.123. The Balaban J connectivity index is 1.48. The van der Waals surface area contributed by atoms with E-state index in [-0.39, 0.29) is 5.91 Å². The van der Waals surface area contributed by atoms with Gasteiger partial charge in [0, 0.05) is 22.7 Å². The fourth-order valence-corrected chi connectivity index (χ4v) is 3.05. The van der Waals surface area contributed by atoms with E-state index in [1.54, 1.807) is 37.4 Å². The van der Waals surface area contributed by atoms with Gasteiger partial charge >= 0.3 is 5.97 Å². The summed E-state index contributed by atoms with van der Waals surface area (Å²) in [6.07, 6.45) is 0.760. The summed E-state index contributed by atoms with van der Waals surface area (Å²) in [7, 11) is 0. The minimum absolute atomic E-state index is 0.380. The van der Waals surface area contributed by atoms with Crippen molar-refractivity contribution in [2.45, 2.75) is 13.0 Å². The van der Waals surface area contributed by atoms with Crippen LogP contribution in [-0.4, -0.2) is 23.0 Å². The molecule has 1 atom stereocenters. The number of pyridine rings is 1. The number of rotatable bonds is 4. The van der Waals surface area contributed by atoms with Gasteiger partial charge in [-0.2, -0.15) is 0 Å². The molecule has 0 unspecified atom stereocenters. The predicted molar refractivity (Wildman–Crippen MR) is 109 cm³/mol. The van der Waals surface area contributed by atoms with Gasteiger partial charge in [-0.15, -0.1) is 0 Å². The molecule has 0 fully saturated rings. The Bertz CT molecular complexity index is 1180. The Morgan fingerprint density at radius 3 is 2.61 bits per heavy atom. The van der Waals surface area contributed by atoms with Crippen LogP contribution in [0.1, 0.15) is 17.3 Å². The number of nitrogens with zero attached hydrogens (tertiary/aromatic N) is 1. The number of esters is 1. The lowest BCUT2D eigenvalue weighted by Gasteiger charge is -2.15. The molecule has 1 N–H and O–H groups in total. The summed E-state index contributed by atoms with van der Waals surface area (Å²) in [6, 6.07) is 22.2. The van der Waals surface area contributed by atoms with Crippen molar-refractivity contribution >= 4 is 39.2 Å².